The van der Waals surface area contributed by atoms with Gasteiger partial charge < -0.3 is 10.1 Å². The molecule has 0 aliphatic heterocycles. The molecule has 0 aliphatic carbocycles. The maximum Gasteiger partial charge on any atom is 0.321 e. The highest BCUT2D eigenvalue weighted by Gasteiger charge is 2.17. The SMILES string of the molecule is Cc1ccc(S(=O)(=O)NCC(=O)OCC(=O)N[C@H](C)C(C)C)cc1. The summed E-state index contributed by atoms with van der Waals surface area (Å²) in [4.78, 5) is 23.2. The van der Waals surface area contributed by atoms with Gasteiger partial charge in [-0.05, 0) is 31.9 Å². The second-order valence-electron chi connectivity index (χ2n) is 5.90. The Kier molecular flexibility index (Phi) is 7.37. The number of aryl methyl sites for hydroxylation is 1. The first kappa shape index (κ1) is 20.1. The summed E-state index contributed by atoms with van der Waals surface area (Å²) in [5.41, 5.74) is 0.926. The average molecular weight is 356 g/mol. The number of nitrogens with one attached hydrogen (secondary N) is 2. The summed E-state index contributed by atoms with van der Waals surface area (Å²) in [5, 5.41) is 2.68. The lowest BCUT2D eigenvalue weighted by Gasteiger charge is -2.17. The van der Waals surface area contributed by atoms with Crippen molar-refractivity contribution in [2.75, 3.05) is 13.2 Å². The fourth-order valence-corrected chi connectivity index (χ4v) is 2.58. The van der Waals surface area contributed by atoms with E-state index in [-0.39, 0.29) is 16.9 Å². The van der Waals surface area contributed by atoms with Crippen molar-refractivity contribution in [3.63, 3.8) is 0 Å². The molecule has 7 nitrogen and oxygen atoms in total. The second kappa shape index (κ2) is 8.79. The summed E-state index contributed by atoms with van der Waals surface area (Å²) >= 11 is 0. The number of esters is 1. The lowest BCUT2D eigenvalue weighted by molar-refractivity contribution is -0.147. The molecular formula is C16H24N2O5S. The first-order valence-corrected chi connectivity index (χ1v) is 9.11. The Balaban J connectivity index is 2.43. The minimum atomic E-state index is -3.79. The molecule has 1 aromatic rings. The molecule has 8 heteroatoms. The normalized spacial score (nSPS) is 12.7. The standard InChI is InChI=1S/C16H24N2O5S/c1-11(2)13(4)18-15(19)10-23-16(20)9-17-24(21,22)14-7-5-12(3)6-8-14/h5-8,11,13,17H,9-10H2,1-4H3,(H,18,19)/t13-/m1/s1. The predicted octanol–water partition coefficient (Wildman–Crippen LogP) is 0.977. The molecule has 0 aliphatic rings. The Labute approximate surface area is 142 Å². The molecular weight excluding hydrogens is 332 g/mol. The van der Waals surface area contributed by atoms with Crippen molar-refractivity contribution in [2.45, 2.75) is 38.6 Å². The molecule has 0 aromatic heterocycles. The van der Waals surface area contributed by atoms with E-state index in [9.17, 15) is 18.0 Å². The zero-order valence-corrected chi connectivity index (χ0v) is 15.1. The molecule has 2 N–H and O–H groups in total. The molecule has 1 amide bonds. The fraction of sp³-hybridized carbons (Fsp3) is 0.500. The smallest absolute Gasteiger partial charge is 0.321 e. The van der Waals surface area contributed by atoms with Crippen LogP contribution < -0.4 is 10.0 Å². The van der Waals surface area contributed by atoms with Crippen LogP contribution >= 0.6 is 0 Å². The summed E-state index contributed by atoms with van der Waals surface area (Å²) in [7, 11) is -3.79. The van der Waals surface area contributed by atoms with Crippen molar-refractivity contribution >= 4 is 21.9 Å². The van der Waals surface area contributed by atoms with Crippen LogP contribution in [0.25, 0.3) is 0 Å². The molecule has 0 heterocycles. The van der Waals surface area contributed by atoms with E-state index in [2.05, 4.69) is 10.0 Å². The van der Waals surface area contributed by atoms with Gasteiger partial charge in [-0.3, -0.25) is 9.59 Å². The summed E-state index contributed by atoms with van der Waals surface area (Å²) in [6, 6.07) is 6.17. The van der Waals surface area contributed by atoms with Crippen molar-refractivity contribution < 1.29 is 22.7 Å². The van der Waals surface area contributed by atoms with Gasteiger partial charge in [-0.15, -0.1) is 0 Å². The molecule has 1 rings (SSSR count). The number of carbonyl (C=O) groups excluding carboxylic acids is 2. The van der Waals surface area contributed by atoms with Crippen LogP contribution in [-0.2, 0) is 24.3 Å². The molecule has 1 atom stereocenters. The van der Waals surface area contributed by atoms with Crippen LogP contribution in [0.5, 0.6) is 0 Å². The Bertz CT molecular complexity index is 668. The topological polar surface area (TPSA) is 102 Å². The van der Waals surface area contributed by atoms with Gasteiger partial charge in [0.25, 0.3) is 5.91 Å². The van der Waals surface area contributed by atoms with Gasteiger partial charge in [0.1, 0.15) is 6.54 Å². The first-order valence-electron chi connectivity index (χ1n) is 7.63. The molecule has 0 bridgehead atoms. The van der Waals surface area contributed by atoms with E-state index >= 15 is 0 Å². The summed E-state index contributed by atoms with van der Waals surface area (Å²) in [6.45, 7) is 6.62. The third kappa shape index (κ3) is 6.67. The zero-order chi connectivity index (χ0) is 18.3. The highest BCUT2D eigenvalue weighted by atomic mass is 32.2. The molecule has 1 aromatic carbocycles. The minimum absolute atomic E-state index is 0.0451. The van der Waals surface area contributed by atoms with Crippen molar-refractivity contribution in [3.05, 3.63) is 29.8 Å². The Morgan fingerprint density at radius 1 is 1.12 bits per heavy atom. The van der Waals surface area contributed by atoms with E-state index in [4.69, 9.17) is 4.74 Å². The van der Waals surface area contributed by atoms with Crippen molar-refractivity contribution in [1.29, 1.82) is 0 Å². The van der Waals surface area contributed by atoms with E-state index in [0.29, 0.717) is 0 Å². The molecule has 24 heavy (non-hydrogen) atoms. The largest absolute Gasteiger partial charge is 0.455 e. The van der Waals surface area contributed by atoms with Crippen LogP contribution in [-0.4, -0.2) is 39.5 Å². The lowest BCUT2D eigenvalue weighted by Crippen LogP contribution is -2.39. The summed E-state index contributed by atoms with van der Waals surface area (Å²) in [5.74, 6) is -0.991. The Hall–Kier alpha value is -1.93. The number of carbonyl (C=O) groups is 2. The molecule has 0 fully saturated rings. The fourth-order valence-electron chi connectivity index (χ4n) is 1.61. The number of benzene rings is 1. The highest BCUT2D eigenvalue weighted by molar-refractivity contribution is 7.89. The van der Waals surface area contributed by atoms with Gasteiger partial charge in [0, 0.05) is 6.04 Å². The number of hydrogen-bond donors (Lipinski definition) is 2. The maximum atomic E-state index is 12.0. The summed E-state index contributed by atoms with van der Waals surface area (Å²) < 4.78 is 30.9. The minimum Gasteiger partial charge on any atom is -0.455 e. The maximum absolute atomic E-state index is 12.0. The monoisotopic (exact) mass is 356 g/mol. The van der Waals surface area contributed by atoms with Gasteiger partial charge >= 0.3 is 5.97 Å². The first-order chi connectivity index (χ1) is 11.1. The van der Waals surface area contributed by atoms with E-state index in [1.807, 2.05) is 27.7 Å². The quantitative estimate of drug-likeness (QED) is 0.676. The number of amides is 1. The molecule has 0 saturated carbocycles. The number of hydrogen-bond acceptors (Lipinski definition) is 5. The Morgan fingerprint density at radius 2 is 1.71 bits per heavy atom. The molecule has 0 saturated heterocycles. The predicted molar refractivity (Wildman–Crippen MR) is 89.8 cm³/mol. The van der Waals surface area contributed by atoms with Crippen molar-refractivity contribution in [1.82, 2.24) is 10.0 Å². The van der Waals surface area contributed by atoms with Gasteiger partial charge in [0.2, 0.25) is 10.0 Å². The number of sulfonamides is 1. The van der Waals surface area contributed by atoms with Crippen molar-refractivity contribution in [2.24, 2.45) is 5.92 Å². The highest BCUT2D eigenvalue weighted by Crippen LogP contribution is 2.09. The van der Waals surface area contributed by atoms with Gasteiger partial charge in [-0.25, -0.2) is 8.42 Å². The lowest BCUT2D eigenvalue weighted by atomic mass is 10.1. The molecule has 0 spiro atoms. The van der Waals surface area contributed by atoms with Crippen molar-refractivity contribution in [3.8, 4) is 0 Å². The van der Waals surface area contributed by atoms with Gasteiger partial charge in [0.15, 0.2) is 6.61 Å². The van der Waals surface area contributed by atoms with Crippen LogP contribution in [0.1, 0.15) is 26.3 Å². The second-order valence-corrected chi connectivity index (χ2v) is 7.67. The average Bonchev–Trinajstić information content (AvgIpc) is 2.51. The third-order valence-electron chi connectivity index (χ3n) is 3.49. The van der Waals surface area contributed by atoms with Crippen LogP contribution in [0.3, 0.4) is 0 Å². The van der Waals surface area contributed by atoms with E-state index in [1.54, 1.807) is 12.1 Å². The van der Waals surface area contributed by atoms with E-state index in [1.165, 1.54) is 12.1 Å². The number of rotatable bonds is 8. The van der Waals surface area contributed by atoms with Crippen LogP contribution in [0.2, 0.25) is 0 Å². The van der Waals surface area contributed by atoms with Gasteiger partial charge in [-0.1, -0.05) is 31.5 Å². The summed E-state index contributed by atoms with van der Waals surface area (Å²) in [6.07, 6.45) is 0. The van der Waals surface area contributed by atoms with Gasteiger partial charge in [0.05, 0.1) is 4.90 Å². The van der Waals surface area contributed by atoms with Crippen LogP contribution in [0, 0.1) is 12.8 Å². The van der Waals surface area contributed by atoms with E-state index < -0.39 is 35.1 Å². The molecule has 134 valence electrons. The Morgan fingerprint density at radius 3 is 2.25 bits per heavy atom. The van der Waals surface area contributed by atoms with E-state index in [0.717, 1.165) is 5.56 Å². The van der Waals surface area contributed by atoms with Gasteiger partial charge in [-0.2, -0.15) is 4.72 Å². The third-order valence-corrected chi connectivity index (χ3v) is 4.91. The molecule has 0 unspecified atom stereocenters. The molecule has 0 radical (unpaired) electrons. The van der Waals surface area contributed by atoms with Crippen LogP contribution in [0.15, 0.2) is 29.2 Å². The zero-order valence-electron chi connectivity index (χ0n) is 14.3. The number of ether oxygens (including phenoxy) is 1. The van der Waals surface area contributed by atoms with Crippen LogP contribution in [0.4, 0.5) is 0 Å².